The molecule has 1 aliphatic heterocycles. The second-order valence-electron chi connectivity index (χ2n) is 5.75. The monoisotopic (exact) mass is 342 g/mol. The summed E-state index contributed by atoms with van der Waals surface area (Å²) in [6.45, 7) is 1.03. The lowest BCUT2D eigenvalue weighted by Gasteiger charge is -2.27. The van der Waals surface area contributed by atoms with E-state index in [1.165, 1.54) is 0 Å². The number of hydrogen-bond donors (Lipinski definition) is 1. The van der Waals surface area contributed by atoms with Crippen LogP contribution in [0.15, 0.2) is 30.3 Å². The Bertz CT molecular complexity index is 607. The van der Waals surface area contributed by atoms with Crippen LogP contribution in [0, 0.1) is 5.92 Å². The van der Waals surface area contributed by atoms with Gasteiger partial charge < -0.3 is 14.6 Å². The standard InChI is InChI=1S/C16H22O6S/c1-23(19,20)15(12-5-3-2-4-6-12)14(16(17)18)11-22-13-7-9-21-10-8-13/h2-6,13-15H,7-11H2,1H3,(H,17,18). The molecule has 1 aromatic carbocycles. The first kappa shape index (κ1) is 17.9. The summed E-state index contributed by atoms with van der Waals surface area (Å²) in [6, 6.07) is 8.43. The Balaban J connectivity index is 2.19. The van der Waals surface area contributed by atoms with Crippen LogP contribution in [0.4, 0.5) is 0 Å². The molecule has 2 atom stereocenters. The number of rotatable bonds is 7. The third-order valence-electron chi connectivity index (χ3n) is 3.95. The predicted molar refractivity (Wildman–Crippen MR) is 84.9 cm³/mol. The average molecular weight is 342 g/mol. The van der Waals surface area contributed by atoms with Gasteiger partial charge in [0.25, 0.3) is 0 Å². The molecular formula is C16H22O6S. The van der Waals surface area contributed by atoms with E-state index in [1.807, 2.05) is 0 Å². The van der Waals surface area contributed by atoms with Crippen LogP contribution in [-0.4, -0.2) is 51.7 Å². The van der Waals surface area contributed by atoms with Crippen molar-refractivity contribution in [3.05, 3.63) is 35.9 Å². The van der Waals surface area contributed by atoms with E-state index in [1.54, 1.807) is 30.3 Å². The van der Waals surface area contributed by atoms with E-state index < -0.39 is 27.0 Å². The molecule has 2 unspecified atom stereocenters. The summed E-state index contributed by atoms with van der Waals surface area (Å²) in [4.78, 5) is 11.7. The molecule has 23 heavy (non-hydrogen) atoms. The van der Waals surface area contributed by atoms with Crippen molar-refractivity contribution in [2.45, 2.75) is 24.2 Å². The molecule has 2 rings (SSSR count). The minimum Gasteiger partial charge on any atom is -0.481 e. The van der Waals surface area contributed by atoms with Crippen molar-refractivity contribution >= 4 is 15.8 Å². The summed E-state index contributed by atoms with van der Waals surface area (Å²) in [5, 5.41) is 8.40. The van der Waals surface area contributed by atoms with Crippen LogP contribution in [0.1, 0.15) is 23.7 Å². The second-order valence-corrected chi connectivity index (χ2v) is 7.92. The van der Waals surface area contributed by atoms with Crippen molar-refractivity contribution in [1.82, 2.24) is 0 Å². The number of carboxylic acids is 1. The Hall–Kier alpha value is -1.44. The maximum atomic E-state index is 12.2. The minimum atomic E-state index is -3.60. The fourth-order valence-corrected chi connectivity index (χ4v) is 4.23. The van der Waals surface area contributed by atoms with E-state index in [4.69, 9.17) is 9.47 Å². The fraction of sp³-hybridized carbons (Fsp3) is 0.562. The maximum absolute atomic E-state index is 12.2. The first-order valence-electron chi connectivity index (χ1n) is 7.55. The first-order valence-corrected chi connectivity index (χ1v) is 9.51. The molecule has 1 aromatic rings. The minimum absolute atomic E-state index is 0.0819. The van der Waals surface area contributed by atoms with Gasteiger partial charge in [-0.3, -0.25) is 4.79 Å². The van der Waals surface area contributed by atoms with Crippen molar-refractivity contribution in [3.8, 4) is 0 Å². The zero-order valence-corrected chi connectivity index (χ0v) is 13.9. The third-order valence-corrected chi connectivity index (χ3v) is 5.48. The summed E-state index contributed by atoms with van der Waals surface area (Å²) < 4.78 is 35.3. The highest BCUT2D eigenvalue weighted by molar-refractivity contribution is 7.91. The summed E-state index contributed by atoms with van der Waals surface area (Å²) in [7, 11) is -3.60. The number of ether oxygens (including phenoxy) is 2. The smallest absolute Gasteiger partial charge is 0.310 e. The maximum Gasteiger partial charge on any atom is 0.310 e. The zero-order chi connectivity index (χ0) is 16.9. The Kier molecular flexibility index (Phi) is 6.15. The molecule has 0 aromatic heterocycles. The van der Waals surface area contributed by atoms with Crippen molar-refractivity contribution in [2.24, 2.45) is 5.92 Å². The molecule has 0 aliphatic carbocycles. The molecule has 1 saturated heterocycles. The number of benzene rings is 1. The SMILES string of the molecule is CS(=O)(=O)C(c1ccccc1)C(COC1CCOCC1)C(=O)O. The van der Waals surface area contributed by atoms with Crippen LogP contribution in [0.3, 0.4) is 0 Å². The number of aliphatic carboxylic acids is 1. The molecule has 7 heteroatoms. The van der Waals surface area contributed by atoms with E-state index in [9.17, 15) is 18.3 Å². The van der Waals surface area contributed by atoms with E-state index in [0.717, 1.165) is 6.26 Å². The van der Waals surface area contributed by atoms with Crippen molar-refractivity contribution in [3.63, 3.8) is 0 Å². The number of hydrogen-bond acceptors (Lipinski definition) is 5. The molecule has 0 amide bonds. The van der Waals surface area contributed by atoms with Crippen LogP contribution in [0.2, 0.25) is 0 Å². The quantitative estimate of drug-likeness (QED) is 0.811. The molecule has 128 valence electrons. The molecule has 0 spiro atoms. The van der Waals surface area contributed by atoms with Crippen molar-refractivity contribution in [2.75, 3.05) is 26.1 Å². The molecule has 1 fully saturated rings. The van der Waals surface area contributed by atoms with Gasteiger partial charge in [-0.25, -0.2) is 8.42 Å². The van der Waals surface area contributed by atoms with Crippen LogP contribution in [0.5, 0.6) is 0 Å². The largest absolute Gasteiger partial charge is 0.481 e. The van der Waals surface area contributed by atoms with E-state index in [0.29, 0.717) is 31.6 Å². The van der Waals surface area contributed by atoms with Gasteiger partial charge in [-0.05, 0) is 18.4 Å². The van der Waals surface area contributed by atoms with Crippen LogP contribution in [-0.2, 0) is 24.1 Å². The fourth-order valence-electron chi connectivity index (χ4n) is 2.79. The van der Waals surface area contributed by atoms with Gasteiger partial charge in [-0.15, -0.1) is 0 Å². The zero-order valence-electron chi connectivity index (χ0n) is 13.1. The number of sulfone groups is 1. The highest BCUT2D eigenvalue weighted by atomic mass is 32.2. The van der Waals surface area contributed by atoms with E-state index in [-0.39, 0.29) is 12.7 Å². The molecule has 6 nitrogen and oxygen atoms in total. The Morgan fingerprint density at radius 3 is 2.43 bits per heavy atom. The third kappa shape index (κ3) is 5.02. The van der Waals surface area contributed by atoms with Gasteiger partial charge in [-0.1, -0.05) is 30.3 Å². The predicted octanol–water partition coefficient (Wildman–Crippen LogP) is 1.67. The molecule has 1 aliphatic rings. The molecule has 0 saturated carbocycles. The topological polar surface area (TPSA) is 89.9 Å². The number of carboxylic acid groups (broad SMARTS) is 1. The Morgan fingerprint density at radius 1 is 1.30 bits per heavy atom. The van der Waals surface area contributed by atoms with Crippen LogP contribution < -0.4 is 0 Å². The van der Waals surface area contributed by atoms with Gasteiger partial charge in [0.15, 0.2) is 9.84 Å². The lowest BCUT2D eigenvalue weighted by Crippen LogP contribution is -2.34. The molecule has 1 heterocycles. The van der Waals surface area contributed by atoms with E-state index in [2.05, 4.69) is 0 Å². The van der Waals surface area contributed by atoms with Gasteiger partial charge in [0.2, 0.25) is 0 Å². The summed E-state index contributed by atoms with van der Waals surface area (Å²) in [5.74, 6) is -2.31. The number of carbonyl (C=O) groups is 1. The normalized spacial score (nSPS) is 19.2. The Morgan fingerprint density at radius 2 is 1.91 bits per heavy atom. The van der Waals surface area contributed by atoms with Crippen LogP contribution >= 0.6 is 0 Å². The first-order chi connectivity index (χ1) is 10.9. The average Bonchev–Trinajstić information content (AvgIpc) is 2.51. The van der Waals surface area contributed by atoms with Gasteiger partial charge in [-0.2, -0.15) is 0 Å². The lowest BCUT2D eigenvalue weighted by atomic mass is 9.99. The highest BCUT2D eigenvalue weighted by Crippen LogP contribution is 2.31. The molecule has 0 bridgehead atoms. The summed E-state index contributed by atoms with van der Waals surface area (Å²) in [6.07, 6.45) is 2.37. The van der Waals surface area contributed by atoms with Crippen molar-refractivity contribution < 1.29 is 27.8 Å². The van der Waals surface area contributed by atoms with Gasteiger partial charge in [0.05, 0.1) is 12.7 Å². The molecule has 1 N–H and O–H groups in total. The summed E-state index contributed by atoms with van der Waals surface area (Å²) in [5.41, 5.74) is 0.470. The lowest BCUT2D eigenvalue weighted by molar-refractivity contribution is -0.145. The van der Waals surface area contributed by atoms with Gasteiger partial charge in [0, 0.05) is 19.5 Å². The van der Waals surface area contributed by atoms with E-state index >= 15 is 0 Å². The van der Waals surface area contributed by atoms with Gasteiger partial charge >= 0.3 is 5.97 Å². The Labute approximate surface area is 136 Å². The molecular weight excluding hydrogens is 320 g/mol. The second kappa shape index (κ2) is 7.90. The van der Waals surface area contributed by atoms with Crippen molar-refractivity contribution in [1.29, 1.82) is 0 Å². The van der Waals surface area contributed by atoms with Gasteiger partial charge in [0.1, 0.15) is 11.2 Å². The molecule has 0 radical (unpaired) electrons. The summed E-state index contributed by atoms with van der Waals surface area (Å²) >= 11 is 0. The highest BCUT2D eigenvalue weighted by Gasteiger charge is 2.37. The van der Waals surface area contributed by atoms with Crippen LogP contribution in [0.25, 0.3) is 0 Å².